The molecule has 26 heavy (non-hydrogen) atoms. The third-order valence-corrected chi connectivity index (χ3v) is 4.31. The minimum absolute atomic E-state index is 0.307. The molecule has 0 spiro atoms. The van der Waals surface area contributed by atoms with Crippen LogP contribution in [0.3, 0.4) is 0 Å². The molecule has 0 saturated heterocycles. The van der Waals surface area contributed by atoms with Gasteiger partial charge in [-0.05, 0) is 24.1 Å². The van der Waals surface area contributed by atoms with E-state index in [1.165, 1.54) is 33.3 Å². The third kappa shape index (κ3) is 3.34. The van der Waals surface area contributed by atoms with Gasteiger partial charge in [0.2, 0.25) is 5.82 Å². The van der Waals surface area contributed by atoms with Gasteiger partial charge in [0.05, 0.1) is 14.2 Å². The van der Waals surface area contributed by atoms with Gasteiger partial charge in [-0.1, -0.05) is 20.3 Å². The SMILES string of the molecule is CCCc1c(OC)cc(C(C)c2c(F)c(F)c(F)c(F)c2F)cc1OC. The number of methoxy groups -OCH3 is 2. The molecule has 0 N–H and O–H groups in total. The van der Waals surface area contributed by atoms with Crippen molar-refractivity contribution in [3.63, 3.8) is 0 Å². The number of hydrogen-bond acceptors (Lipinski definition) is 2. The van der Waals surface area contributed by atoms with Crippen LogP contribution in [0.4, 0.5) is 22.0 Å². The molecule has 0 aromatic heterocycles. The minimum Gasteiger partial charge on any atom is -0.496 e. The van der Waals surface area contributed by atoms with E-state index in [4.69, 9.17) is 9.47 Å². The minimum atomic E-state index is -2.18. The van der Waals surface area contributed by atoms with Crippen molar-refractivity contribution in [1.82, 2.24) is 0 Å². The van der Waals surface area contributed by atoms with E-state index in [0.29, 0.717) is 23.5 Å². The van der Waals surface area contributed by atoms with Gasteiger partial charge < -0.3 is 9.47 Å². The maximum absolute atomic E-state index is 14.1. The molecule has 7 heteroatoms. The largest absolute Gasteiger partial charge is 0.496 e. The zero-order chi connectivity index (χ0) is 19.6. The monoisotopic (exact) mass is 374 g/mol. The van der Waals surface area contributed by atoms with Crippen molar-refractivity contribution in [2.24, 2.45) is 0 Å². The average molecular weight is 374 g/mol. The molecule has 0 radical (unpaired) electrons. The summed E-state index contributed by atoms with van der Waals surface area (Å²) in [7, 11) is 2.86. The predicted molar refractivity (Wildman–Crippen MR) is 87.3 cm³/mol. The molecule has 2 nitrogen and oxygen atoms in total. The fourth-order valence-corrected chi connectivity index (χ4v) is 2.92. The maximum atomic E-state index is 14.1. The molecule has 1 unspecified atom stereocenters. The first-order valence-corrected chi connectivity index (χ1v) is 8.04. The quantitative estimate of drug-likeness (QED) is 0.377. The maximum Gasteiger partial charge on any atom is 0.200 e. The molecule has 2 aromatic carbocycles. The lowest BCUT2D eigenvalue weighted by Gasteiger charge is -2.20. The molecule has 142 valence electrons. The number of benzene rings is 2. The zero-order valence-corrected chi connectivity index (χ0v) is 14.9. The molecule has 0 aliphatic carbocycles. The number of halogens is 5. The lowest BCUT2D eigenvalue weighted by atomic mass is 9.90. The van der Waals surface area contributed by atoms with E-state index < -0.39 is 40.6 Å². The molecule has 2 aromatic rings. The number of rotatable bonds is 6. The Balaban J connectivity index is 2.66. The van der Waals surface area contributed by atoms with Crippen LogP contribution < -0.4 is 9.47 Å². The van der Waals surface area contributed by atoms with Gasteiger partial charge in [0.15, 0.2) is 23.3 Å². The van der Waals surface area contributed by atoms with Crippen LogP contribution >= 0.6 is 0 Å². The Morgan fingerprint density at radius 3 is 1.62 bits per heavy atom. The van der Waals surface area contributed by atoms with Crippen LogP contribution in [0.5, 0.6) is 11.5 Å². The van der Waals surface area contributed by atoms with Crippen LogP contribution in [0.15, 0.2) is 12.1 Å². The summed E-state index contributed by atoms with van der Waals surface area (Å²) in [5.41, 5.74) is 0.182. The summed E-state index contributed by atoms with van der Waals surface area (Å²) in [5.74, 6) is -10.1. The highest BCUT2D eigenvalue weighted by atomic mass is 19.2. The van der Waals surface area contributed by atoms with Crippen molar-refractivity contribution in [1.29, 1.82) is 0 Å². The molecule has 2 rings (SSSR count). The Hall–Kier alpha value is -2.31. The second kappa shape index (κ2) is 7.93. The van der Waals surface area contributed by atoms with Crippen molar-refractivity contribution < 1.29 is 31.4 Å². The first-order valence-electron chi connectivity index (χ1n) is 8.04. The number of ether oxygens (including phenoxy) is 2. The van der Waals surface area contributed by atoms with Gasteiger partial charge in [0, 0.05) is 17.0 Å². The van der Waals surface area contributed by atoms with Gasteiger partial charge in [0.25, 0.3) is 0 Å². The molecule has 0 bridgehead atoms. The van der Waals surface area contributed by atoms with Crippen LogP contribution in [0.2, 0.25) is 0 Å². The standard InChI is InChI=1S/C19H19F5O2/c1-5-6-11-12(25-3)7-10(8-13(11)26-4)9(2)14-15(20)17(22)19(24)18(23)16(14)21/h7-9H,5-6H2,1-4H3. The Kier molecular flexibility index (Phi) is 6.10. The molecule has 0 aliphatic rings. The van der Waals surface area contributed by atoms with Crippen molar-refractivity contribution in [3.8, 4) is 11.5 Å². The first-order chi connectivity index (χ1) is 12.3. The zero-order valence-electron chi connectivity index (χ0n) is 14.9. The van der Waals surface area contributed by atoms with E-state index in [1.807, 2.05) is 6.92 Å². The summed E-state index contributed by atoms with van der Waals surface area (Å²) in [6.45, 7) is 3.32. The van der Waals surface area contributed by atoms with Gasteiger partial charge in [-0.3, -0.25) is 0 Å². The fourth-order valence-electron chi connectivity index (χ4n) is 2.92. The highest BCUT2D eigenvalue weighted by Crippen LogP contribution is 2.38. The molecule has 0 aliphatic heterocycles. The van der Waals surface area contributed by atoms with E-state index >= 15 is 0 Å². The highest BCUT2D eigenvalue weighted by Gasteiger charge is 2.30. The van der Waals surface area contributed by atoms with Gasteiger partial charge >= 0.3 is 0 Å². The summed E-state index contributed by atoms with van der Waals surface area (Å²) < 4.78 is 79.2. The van der Waals surface area contributed by atoms with E-state index in [1.54, 1.807) is 0 Å². The van der Waals surface area contributed by atoms with Gasteiger partial charge in [0.1, 0.15) is 11.5 Å². The average Bonchev–Trinajstić information content (AvgIpc) is 2.64. The molecule has 1 atom stereocenters. The van der Waals surface area contributed by atoms with Crippen molar-refractivity contribution in [2.75, 3.05) is 14.2 Å². The summed E-state index contributed by atoms with van der Waals surface area (Å²) in [4.78, 5) is 0. The number of hydrogen-bond donors (Lipinski definition) is 0. The predicted octanol–water partition coefficient (Wildman–Crippen LogP) is 5.50. The topological polar surface area (TPSA) is 18.5 Å². The summed E-state index contributed by atoms with van der Waals surface area (Å²) in [6, 6.07) is 3.05. The van der Waals surface area contributed by atoms with Crippen LogP contribution in [-0.4, -0.2) is 14.2 Å². The van der Waals surface area contributed by atoms with E-state index in [0.717, 1.165) is 12.0 Å². The van der Waals surface area contributed by atoms with E-state index in [2.05, 4.69) is 0 Å². The van der Waals surface area contributed by atoms with Crippen molar-refractivity contribution >= 4 is 0 Å². The Morgan fingerprint density at radius 1 is 0.808 bits per heavy atom. The van der Waals surface area contributed by atoms with E-state index in [-0.39, 0.29) is 0 Å². The third-order valence-electron chi connectivity index (χ3n) is 4.31. The molecule has 0 fully saturated rings. The lowest BCUT2D eigenvalue weighted by molar-refractivity contribution is 0.367. The molecule has 0 saturated carbocycles. The Bertz CT molecular complexity index is 766. The van der Waals surface area contributed by atoms with Gasteiger partial charge in [-0.25, -0.2) is 22.0 Å². The van der Waals surface area contributed by atoms with Crippen LogP contribution in [0.25, 0.3) is 0 Å². The summed E-state index contributed by atoms with van der Waals surface area (Å²) in [5, 5.41) is 0. The van der Waals surface area contributed by atoms with Gasteiger partial charge in [-0.2, -0.15) is 0 Å². The molecule has 0 heterocycles. The second-order valence-corrected chi connectivity index (χ2v) is 5.86. The molecular formula is C19H19F5O2. The second-order valence-electron chi connectivity index (χ2n) is 5.86. The molecular weight excluding hydrogens is 355 g/mol. The smallest absolute Gasteiger partial charge is 0.200 e. The van der Waals surface area contributed by atoms with E-state index in [9.17, 15) is 22.0 Å². The first kappa shape index (κ1) is 20.0. The fraction of sp³-hybridized carbons (Fsp3) is 0.368. The Labute approximate surface area is 148 Å². The van der Waals surface area contributed by atoms with Crippen molar-refractivity contribution in [3.05, 3.63) is 57.9 Å². The molecule has 0 amide bonds. The normalized spacial score (nSPS) is 12.2. The van der Waals surface area contributed by atoms with Gasteiger partial charge in [-0.15, -0.1) is 0 Å². The van der Waals surface area contributed by atoms with Crippen LogP contribution in [-0.2, 0) is 6.42 Å². The van der Waals surface area contributed by atoms with Crippen LogP contribution in [0, 0.1) is 29.1 Å². The highest BCUT2D eigenvalue weighted by molar-refractivity contribution is 5.51. The summed E-state index contributed by atoms with van der Waals surface area (Å²) in [6.07, 6.45) is 1.45. The lowest BCUT2D eigenvalue weighted by Crippen LogP contribution is -2.11. The summed E-state index contributed by atoms with van der Waals surface area (Å²) >= 11 is 0. The van der Waals surface area contributed by atoms with Crippen LogP contribution in [0.1, 0.15) is 42.9 Å². The van der Waals surface area contributed by atoms with Crippen molar-refractivity contribution in [2.45, 2.75) is 32.6 Å². The Morgan fingerprint density at radius 2 is 1.23 bits per heavy atom.